The third-order valence-electron chi connectivity index (χ3n) is 2.73. The number of carbonyl (C=O) groups excluding carboxylic acids is 1. The topological polar surface area (TPSA) is 44.8 Å². The fraction of sp³-hybridized carbons (Fsp3) is 0.133. The molecule has 1 aliphatic heterocycles. The van der Waals surface area contributed by atoms with Crippen molar-refractivity contribution < 1.29 is 19.0 Å². The molecule has 0 unspecified atom stereocenters. The number of hydrogen-bond donors (Lipinski definition) is 0. The van der Waals surface area contributed by atoms with E-state index in [2.05, 4.69) is 0 Å². The zero-order valence-corrected chi connectivity index (χ0v) is 10.1. The summed E-state index contributed by atoms with van der Waals surface area (Å²) in [5.41, 5.74) is 0. The van der Waals surface area contributed by atoms with Gasteiger partial charge in [0.15, 0.2) is 11.5 Å². The number of fused-ring (bicyclic) bond motifs is 1. The molecule has 0 saturated carbocycles. The Hall–Kier alpha value is -2.49. The SMILES string of the molecule is O=C(Oc1ccccc1)[C@@H]1COc2ccccc2O1. The second kappa shape index (κ2) is 5.02. The summed E-state index contributed by atoms with van der Waals surface area (Å²) in [4.78, 5) is 12.0. The Morgan fingerprint density at radius 3 is 2.47 bits per heavy atom. The van der Waals surface area contributed by atoms with Crippen molar-refractivity contribution in [1.82, 2.24) is 0 Å². The highest BCUT2D eigenvalue weighted by Crippen LogP contribution is 2.31. The Bertz CT molecular complexity index is 580. The smallest absolute Gasteiger partial charge is 0.356 e. The summed E-state index contributed by atoms with van der Waals surface area (Å²) in [6, 6.07) is 16.1. The highest BCUT2D eigenvalue weighted by atomic mass is 16.6. The predicted molar refractivity (Wildman–Crippen MR) is 68.4 cm³/mol. The van der Waals surface area contributed by atoms with E-state index in [9.17, 15) is 4.79 Å². The summed E-state index contributed by atoms with van der Waals surface area (Å²) in [5.74, 6) is 1.24. The quantitative estimate of drug-likeness (QED) is 0.611. The monoisotopic (exact) mass is 256 g/mol. The van der Waals surface area contributed by atoms with Crippen molar-refractivity contribution in [3.05, 3.63) is 54.6 Å². The van der Waals surface area contributed by atoms with Gasteiger partial charge in [-0.05, 0) is 24.3 Å². The molecule has 0 spiro atoms. The Balaban J connectivity index is 1.70. The van der Waals surface area contributed by atoms with Crippen LogP contribution in [0.15, 0.2) is 54.6 Å². The van der Waals surface area contributed by atoms with Gasteiger partial charge in [-0.2, -0.15) is 0 Å². The molecule has 4 heteroatoms. The van der Waals surface area contributed by atoms with Crippen LogP contribution >= 0.6 is 0 Å². The van der Waals surface area contributed by atoms with Gasteiger partial charge in [0.1, 0.15) is 12.4 Å². The standard InChI is InChI=1S/C15H12O4/c16-15(18-11-6-2-1-3-7-11)14-10-17-12-8-4-5-9-13(12)19-14/h1-9,14H,10H2/t14-/m0/s1. The molecule has 0 aromatic heterocycles. The fourth-order valence-electron chi connectivity index (χ4n) is 1.81. The molecule has 0 bridgehead atoms. The predicted octanol–water partition coefficient (Wildman–Crippen LogP) is 2.43. The van der Waals surface area contributed by atoms with Crippen molar-refractivity contribution in [2.24, 2.45) is 0 Å². The first-order valence-electron chi connectivity index (χ1n) is 5.98. The van der Waals surface area contributed by atoms with E-state index >= 15 is 0 Å². The van der Waals surface area contributed by atoms with Crippen molar-refractivity contribution in [2.75, 3.05) is 6.61 Å². The molecule has 0 radical (unpaired) electrons. The van der Waals surface area contributed by atoms with E-state index in [0.717, 1.165) is 0 Å². The second-order valence-corrected chi connectivity index (χ2v) is 4.10. The van der Waals surface area contributed by atoms with Crippen LogP contribution in [0.4, 0.5) is 0 Å². The van der Waals surface area contributed by atoms with Crippen LogP contribution in [0.1, 0.15) is 0 Å². The molecule has 0 fully saturated rings. The van der Waals surface area contributed by atoms with Gasteiger partial charge in [0.2, 0.25) is 6.10 Å². The Kier molecular flexibility index (Phi) is 3.06. The molecular formula is C15H12O4. The number of esters is 1. The molecule has 0 aliphatic carbocycles. The summed E-state index contributed by atoms with van der Waals surface area (Å²) in [7, 11) is 0. The first-order chi connectivity index (χ1) is 9.33. The van der Waals surface area contributed by atoms with Crippen LogP contribution in [-0.4, -0.2) is 18.7 Å². The van der Waals surface area contributed by atoms with Crippen molar-refractivity contribution in [3.63, 3.8) is 0 Å². The Labute approximate surface area is 110 Å². The normalized spacial score (nSPS) is 16.7. The average Bonchev–Trinajstić information content (AvgIpc) is 2.48. The molecule has 96 valence electrons. The number of hydrogen-bond acceptors (Lipinski definition) is 4. The molecule has 1 aliphatic rings. The molecule has 0 saturated heterocycles. The van der Waals surface area contributed by atoms with Gasteiger partial charge in [-0.25, -0.2) is 4.79 Å². The highest BCUT2D eigenvalue weighted by molar-refractivity contribution is 5.78. The van der Waals surface area contributed by atoms with E-state index in [1.165, 1.54) is 0 Å². The van der Waals surface area contributed by atoms with Crippen molar-refractivity contribution >= 4 is 5.97 Å². The number of ether oxygens (including phenoxy) is 3. The maximum atomic E-state index is 12.0. The lowest BCUT2D eigenvalue weighted by Crippen LogP contribution is -2.39. The van der Waals surface area contributed by atoms with E-state index in [0.29, 0.717) is 17.2 Å². The molecule has 2 aromatic rings. The van der Waals surface area contributed by atoms with E-state index < -0.39 is 12.1 Å². The average molecular weight is 256 g/mol. The number of carbonyl (C=O) groups is 1. The van der Waals surface area contributed by atoms with Crippen LogP contribution in [0, 0.1) is 0 Å². The maximum absolute atomic E-state index is 12.0. The van der Waals surface area contributed by atoms with Crippen molar-refractivity contribution in [1.29, 1.82) is 0 Å². The van der Waals surface area contributed by atoms with Crippen LogP contribution in [-0.2, 0) is 4.79 Å². The van der Waals surface area contributed by atoms with Crippen LogP contribution in [0.3, 0.4) is 0 Å². The van der Waals surface area contributed by atoms with Gasteiger partial charge in [0, 0.05) is 0 Å². The summed E-state index contributed by atoms with van der Waals surface area (Å²) < 4.78 is 16.3. The molecule has 0 N–H and O–H groups in total. The minimum absolute atomic E-state index is 0.155. The van der Waals surface area contributed by atoms with Gasteiger partial charge in [0.05, 0.1) is 0 Å². The largest absolute Gasteiger partial charge is 0.485 e. The number of rotatable bonds is 2. The Morgan fingerprint density at radius 2 is 1.68 bits per heavy atom. The molecule has 1 heterocycles. The molecule has 1 atom stereocenters. The zero-order valence-electron chi connectivity index (χ0n) is 10.1. The van der Waals surface area contributed by atoms with Crippen LogP contribution < -0.4 is 14.2 Å². The minimum atomic E-state index is -0.741. The van der Waals surface area contributed by atoms with Gasteiger partial charge in [-0.15, -0.1) is 0 Å². The van der Waals surface area contributed by atoms with E-state index in [-0.39, 0.29) is 6.61 Å². The van der Waals surface area contributed by atoms with E-state index in [1.54, 1.807) is 36.4 Å². The second-order valence-electron chi connectivity index (χ2n) is 4.10. The lowest BCUT2D eigenvalue weighted by molar-refractivity contribution is -0.144. The molecular weight excluding hydrogens is 244 g/mol. The summed E-state index contributed by atoms with van der Waals surface area (Å²) in [6.45, 7) is 0.155. The summed E-state index contributed by atoms with van der Waals surface area (Å²) in [6.07, 6.45) is -0.741. The fourth-order valence-corrected chi connectivity index (χ4v) is 1.81. The first-order valence-corrected chi connectivity index (χ1v) is 5.98. The van der Waals surface area contributed by atoms with Crippen LogP contribution in [0.5, 0.6) is 17.2 Å². The van der Waals surface area contributed by atoms with E-state index in [4.69, 9.17) is 14.2 Å². The highest BCUT2D eigenvalue weighted by Gasteiger charge is 2.28. The molecule has 2 aromatic carbocycles. The lowest BCUT2D eigenvalue weighted by Gasteiger charge is -2.24. The summed E-state index contributed by atoms with van der Waals surface area (Å²) >= 11 is 0. The molecule has 4 nitrogen and oxygen atoms in total. The number of benzene rings is 2. The lowest BCUT2D eigenvalue weighted by atomic mass is 10.2. The summed E-state index contributed by atoms with van der Waals surface area (Å²) in [5, 5.41) is 0. The Morgan fingerprint density at radius 1 is 1.00 bits per heavy atom. The van der Waals surface area contributed by atoms with Crippen molar-refractivity contribution in [3.8, 4) is 17.2 Å². The van der Waals surface area contributed by atoms with Gasteiger partial charge in [-0.3, -0.25) is 0 Å². The third-order valence-corrected chi connectivity index (χ3v) is 2.73. The van der Waals surface area contributed by atoms with Gasteiger partial charge in [0.25, 0.3) is 0 Å². The van der Waals surface area contributed by atoms with Gasteiger partial charge >= 0.3 is 5.97 Å². The maximum Gasteiger partial charge on any atom is 0.356 e. The molecule has 19 heavy (non-hydrogen) atoms. The van der Waals surface area contributed by atoms with Crippen molar-refractivity contribution in [2.45, 2.75) is 6.10 Å². The van der Waals surface area contributed by atoms with Gasteiger partial charge in [-0.1, -0.05) is 30.3 Å². The van der Waals surface area contributed by atoms with E-state index in [1.807, 2.05) is 18.2 Å². The first kappa shape index (κ1) is 11.6. The van der Waals surface area contributed by atoms with Gasteiger partial charge < -0.3 is 14.2 Å². The molecule has 3 rings (SSSR count). The minimum Gasteiger partial charge on any atom is -0.485 e. The molecule has 0 amide bonds. The van der Waals surface area contributed by atoms with Crippen LogP contribution in [0.2, 0.25) is 0 Å². The zero-order chi connectivity index (χ0) is 13.1. The third kappa shape index (κ3) is 2.52. The number of para-hydroxylation sites is 3. The van der Waals surface area contributed by atoms with Crippen LogP contribution in [0.25, 0.3) is 0 Å².